The predicted molar refractivity (Wildman–Crippen MR) is 51.6 cm³/mol. The van der Waals surface area contributed by atoms with Crippen molar-refractivity contribution in [2.75, 3.05) is 6.61 Å². The Labute approximate surface area is 82.6 Å². The van der Waals surface area contributed by atoms with Crippen molar-refractivity contribution in [2.45, 2.75) is 25.5 Å². The molecule has 14 heavy (non-hydrogen) atoms. The monoisotopic (exact) mass is 194 g/mol. The summed E-state index contributed by atoms with van der Waals surface area (Å²) in [6.07, 6.45) is 5.32. The lowest BCUT2D eigenvalue weighted by molar-refractivity contribution is -0.130. The Morgan fingerprint density at radius 3 is 3.29 bits per heavy atom. The van der Waals surface area contributed by atoms with Crippen LogP contribution in [0.5, 0.6) is 0 Å². The van der Waals surface area contributed by atoms with Gasteiger partial charge in [-0.05, 0) is 24.5 Å². The van der Waals surface area contributed by atoms with Gasteiger partial charge in [-0.15, -0.1) is 0 Å². The van der Waals surface area contributed by atoms with Gasteiger partial charge < -0.3 is 15.0 Å². The fraction of sp³-hybridized carbons (Fsp3) is 0.500. The highest BCUT2D eigenvalue weighted by Crippen LogP contribution is 2.11. The highest BCUT2D eigenvalue weighted by Gasteiger charge is 2.22. The number of nitrogens with one attached hydrogen (secondary N) is 2. The number of aromatic nitrogens is 1. The highest BCUT2D eigenvalue weighted by molar-refractivity contribution is 5.80. The van der Waals surface area contributed by atoms with Crippen LogP contribution in [0.4, 0.5) is 0 Å². The van der Waals surface area contributed by atoms with Gasteiger partial charge in [0.2, 0.25) is 5.91 Å². The molecule has 4 heteroatoms. The summed E-state index contributed by atoms with van der Waals surface area (Å²) in [5, 5.41) is 2.84. The summed E-state index contributed by atoms with van der Waals surface area (Å²) in [7, 11) is 0. The lowest BCUT2D eigenvalue weighted by atomic mass is 10.2. The van der Waals surface area contributed by atoms with E-state index in [0.717, 1.165) is 18.4 Å². The number of amides is 1. The van der Waals surface area contributed by atoms with Gasteiger partial charge in [-0.2, -0.15) is 0 Å². The number of hydrogen-bond donors (Lipinski definition) is 2. The van der Waals surface area contributed by atoms with Gasteiger partial charge in [-0.3, -0.25) is 4.79 Å². The third-order valence-corrected chi connectivity index (χ3v) is 2.35. The second kappa shape index (κ2) is 4.28. The molecule has 1 amide bonds. The summed E-state index contributed by atoms with van der Waals surface area (Å²) in [6, 6.07) is 1.94. The van der Waals surface area contributed by atoms with Crippen LogP contribution in [0.15, 0.2) is 18.5 Å². The summed E-state index contributed by atoms with van der Waals surface area (Å²) in [6.45, 7) is 1.28. The van der Waals surface area contributed by atoms with E-state index in [1.54, 1.807) is 0 Å². The van der Waals surface area contributed by atoms with E-state index in [1.165, 1.54) is 0 Å². The van der Waals surface area contributed by atoms with Crippen LogP contribution in [0.2, 0.25) is 0 Å². The van der Waals surface area contributed by atoms with Crippen LogP contribution in [-0.2, 0) is 16.1 Å². The van der Waals surface area contributed by atoms with Crippen molar-refractivity contribution in [1.29, 1.82) is 0 Å². The minimum absolute atomic E-state index is 0.00343. The van der Waals surface area contributed by atoms with Crippen molar-refractivity contribution in [1.82, 2.24) is 10.3 Å². The Morgan fingerprint density at radius 1 is 1.71 bits per heavy atom. The quantitative estimate of drug-likeness (QED) is 0.748. The molecule has 4 nitrogen and oxygen atoms in total. The maximum absolute atomic E-state index is 11.5. The van der Waals surface area contributed by atoms with Gasteiger partial charge in [0.15, 0.2) is 0 Å². The second-order valence-corrected chi connectivity index (χ2v) is 3.44. The summed E-state index contributed by atoms with van der Waals surface area (Å²) in [4.78, 5) is 14.4. The van der Waals surface area contributed by atoms with Gasteiger partial charge in [0, 0.05) is 25.5 Å². The first kappa shape index (κ1) is 9.27. The largest absolute Gasteiger partial charge is 0.368 e. The summed E-state index contributed by atoms with van der Waals surface area (Å²) in [5.74, 6) is 0.00343. The zero-order chi connectivity index (χ0) is 9.80. The van der Waals surface area contributed by atoms with Gasteiger partial charge in [0.05, 0.1) is 0 Å². The van der Waals surface area contributed by atoms with E-state index in [-0.39, 0.29) is 12.0 Å². The zero-order valence-corrected chi connectivity index (χ0v) is 7.95. The Kier molecular flexibility index (Phi) is 2.84. The van der Waals surface area contributed by atoms with Crippen LogP contribution < -0.4 is 5.32 Å². The van der Waals surface area contributed by atoms with E-state index in [0.29, 0.717) is 13.2 Å². The van der Waals surface area contributed by atoms with E-state index in [2.05, 4.69) is 10.3 Å². The van der Waals surface area contributed by atoms with Gasteiger partial charge in [-0.25, -0.2) is 0 Å². The topological polar surface area (TPSA) is 54.1 Å². The molecular formula is C10H14N2O2. The van der Waals surface area contributed by atoms with Crippen LogP contribution >= 0.6 is 0 Å². The van der Waals surface area contributed by atoms with E-state index >= 15 is 0 Å². The van der Waals surface area contributed by atoms with E-state index in [4.69, 9.17) is 4.74 Å². The molecule has 76 valence electrons. The van der Waals surface area contributed by atoms with Crippen molar-refractivity contribution >= 4 is 5.91 Å². The molecule has 0 aromatic carbocycles. The van der Waals surface area contributed by atoms with Gasteiger partial charge in [0.1, 0.15) is 6.10 Å². The lowest BCUT2D eigenvalue weighted by Gasteiger charge is -2.09. The Balaban J connectivity index is 1.77. The molecule has 0 unspecified atom stereocenters. The fourth-order valence-corrected chi connectivity index (χ4v) is 1.56. The first-order chi connectivity index (χ1) is 6.86. The summed E-state index contributed by atoms with van der Waals surface area (Å²) < 4.78 is 5.26. The third-order valence-electron chi connectivity index (χ3n) is 2.35. The van der Waals surface area contributed by atoms with Crippen LogP contribution in [0.25, 0.3) is 0 Å². The number of carbonyl (C=O) groups is 1. The van der Waals surface area contributed by atoms with Gasteiger partial charge in [0.25, 0.3) is 0 Å². The third kappa shape index (κ3) is 2.14. The fourth-order valence-electron chi connectivity index (χ4n) is 1.56. The van der Waals surface area contributed by atoms with Crippen LogP contribution in [0, 0.1) is 0 Å². The minimum atomic E-state index is -0.228. The molecule has 0 bridgehead atoms. The number of aromatic amines is 1. The predicted octanol–water partition coefficient (Wildman–Crippen LogP) is 0.810. The smallest absolute Gasteiger partial charge is 0.249 e. The molecule has 0 radical (unpaired) electrons. The molecule has 1 saturated heterocycles. The molecule has 1 atom stereocenters. The van der Waals surface area contributed by atoms with E-state index in [9.17, 15) is 4.79 Å². The standard InChI is InChI=1S/C10H14N2O2/c13-10(9-2-1-5-14-9)12-7-8-3-4-11-6-8/h3-4,6,9,11H,1-2,5,7H2,(H,12,13)/t9-/m1/s1. The van der Waals surface area contributed by atoms with Crippen LogP contribution in [0.1, 0.15) is 18.4 Å². The molecule has 0 aliphatic carbocycles. The van der Waals surface area contributed by atoms with Gasteiger partial charge in [-0.1, -0.05) is 0 Å². The first-order valence-corrected chi connectivity index (χ1v) is 4.87. The number of rotatable bonds is 3. The normalized spacial score (nSPS) is 21.0. The molecule has 0 spiro atoms. The Bertz CT molecular complexity index is 289. The molecule has 0 saturated carbocycles. The Hall–Kier alpha value is -1.29. The molecule has 2 rings (SSSR count). The van der Waals surface area contributed by atoms with Crippen molar-refractivity contribution in [3.8, 4) is 0 Å². The Morgan fingerprint density at radius 2 is 2.64 bits per heavy atom. The van der Waals surface area contributed by atoms with Crippen LogP contribution in [0.3, 0.4) is 0 Å². The lowest BCUT2D eigenvalue weighted by Crippen LogP contribution is -2.33. The van der Waals surface area contributed by atoms with Gasteiger partial charge >= 0.3 is 0 Å². The van der Waals surface area contributed by atoms with Crippen molar-refractivity contribution in [3.05, 3.63) is 24.0 Å². The number of carbonyl (C=O) groups excluding carboxylic acids is 1. The summed E-state index contributed by atoms with van der Waals surface area (Å²) >= 11 is 0. The number of ether oxygens (including phenoxy) is 1. The highest BCUT2D eigenvalue weighted by atomic mass is 16.5. The first-order valence-electron chi connectivity index (χ1n) is 4.87. The van der Waals surface area contributed by atoms with Crippen LogP contribution in [-0.4, -0.2) is 23.6 Å². The molecule has 1 aliphatic heterocycles. The van der Waals surface area contributed by atoms with Crippen molar-refractivity contribution in [3.63, 3.8) is 0 Å². The molecule has 1 aromatic heterocycles. The maximum Gasteiger partial charge on any atom is 0.249 e. The summed E-state index contributed by atoms with van der Waals surface area (Å²) in [5.41, 5.74) is 1.08. The molecule has 1 aliphatic rings. The van der Waals surface area contributed by atoms with E-state index in [1.807, 2.05) is 18.5 Å². The maximum atomic E-state index is 11.5. The molecule has 1 fully saturated rings. The van der Waals surface area contributed by atoms with Crippen molar-refractivity contribution < 1.29 is 9.53 Å². The molecular weight excluding hydrogens is 180 g/mol. The average Bonchev–Trinajstić information content (AvgIpc) is 2.87. The van der Waals surface area contributed by atoms with E-state index < -0.39 is 0 Å². The molecule has 1 aromatic rings. The zero-order valence-electron chi connectivity index (χ0n) is 7.95. The number of hydrogen-bond acceptors (Lipinski definition) is 2. The molecule has 2 heterocycles. The number of H-pyrrole nitrogens is 1. The average molecular weight is 194 g/mol. The minimum Gasteiger partial charge on any atom is -0.368 e. The second-order valence-electron chi connectivity index (χ2n) is 3.44. The van der Waals surface area contributed by atoms with Crippen molar-refractivity contribution in [2.24, 2.45) is 0 Å². The molecule has 2 N–H and O–H groups in total. The SMILES string of the molecule is O=C(NCc1cc[nH]c1)[C@H]1CCCO1.